The lowest BCUT2D eigenvalue weighted by molar-refractivity contribution is -0.128. The number of nitrogens with one attached hydrogen (secondary N) is 1. The van der Waals surface area contributed by atoms with Gasteiger partial charge >= 0.3 is 0 Å². The van der Waals surface area contributed by atoms with Crippen LogP contribution >= 0.6 is 11.6 Å². The predicted molar refractivity (Wildman–Crippen MR) is 80.5 cm³/mol. The van der Waals surface area contributed by atoms with Crippen LogP contribution in [-0.4, -0.2) is 31.8 Å². The molecule has 0 saturated heterocycles. The minimum Gasteiger partial charge on any atom is -0.481 e. The van der Waals surface area contributed by atoms with E-state index >= 15 is 0 Å². The summed E-state index contributed by atoms with van der Waals surface area (Å²) in [4.78, 5) is 12.0. The first kappa shape index (κ1) is 16.8. The van der Waals surface area contributed by atoms with Gasteiger partial charge in [-0.15, -0.1) is 0 Å². The van der Waals surface area contributed by atoms with Crippen LogP contribution in [0.4, 0.5) is 0 Å². The fraction of sp³-hybridized carbons (Fsp3) is 0.533. The number of halogens is 1. The molecule has 0 unspecified atom stereocenters. The van der Waals surface area contributed by atoms with E-state index in [-0.39, 0.29) is 11.9 Å². The van der Waals surface area contributed by atoms with E-state index in [1.807, 2.05) is 32.9 Å². The third-order valence-electron chi connectivity index (χ3n) is 2.90. The van der Waals surface area contributed by atoms with Gasteiger partial charge in [-0.1, -0.05) is 11.6 Å². The molecule has 0 radical (unpaired) electrons. The maximum absolute atomic E-state index is 12.0. The maximum Gasteiger partial charge on any atom is 0.261 e. The molecule has 1 aromatic rings. The Morgan fingerprint density at radius 2 is 1.85 bits per heavy atom. The lowest BCUT2D eigenvalue weighted by atomic mass is 10.1. The number of carbonyl (C=O) groups is 1. The average Bonchev–Trinajstić information content (AvgIpc) is 2.35. The van der Waals surface area contributed by atoms with Crippen molar-refractivity contribution in [1.29, 1.82) is 0 Å². The van der Waals surface area contributed by atoms with E-state index in [0.29, 0.717) is 12.4 Å². The van der Waals surface area contributed by atoms with Gasteiger partial charge in [-0.25, -0.2) is 0 Å². The normalized spacial score (nSPS) is 13.7. The van der Waals surface area contributed by atoms with Crippen LogP contribution in [0.5, 0.6) is 5.75 Å². The molecule has 4 nitrogen and oxygen atoms in total. The molecule has 112 valence electrons. The Morgan fingerprint density at radius 3 is 2.35 bits per heavy atom. The molecule has 0 aliphatic rings. The van der Waals surface area contributed by atoms with Gasteiger partial charge in [0.1, 0.15) is 5.75 Å². The zero-order chi connectivity index (χ0) is 15.3. The van der Waals surface area contributed by atoms with E-state index in [2.05, 4.69) is 5.32 Å². The second kappa shape index (κ2) is 7.50. The summed E-state index contributed by atoms with van der Waals surface area (Å²) in [7, 11) is 1.60. The molecule has 0 fully saturated rings. The Bertz CT molecular complexity index is 453. The second-order valence-electron chi connectivity index (χ2n) is 5.00. The smallest absolute Gasteiger partial charge is 0.261 e. The molecular weight excluding hydrogens is 278 g/mol. The highest BCUT2D eigenvalue weighted by atomic mass is 35.5. The highest BCUT2D eigenvalue weighted by Crippen LogP contribution is 2.26. The van der Waals surface area contributed by atoms with Gasteiger partial charge in [0.15, 0.2) is 6.10 Å². The van der Waals surface area contributed by atoms with E-state index in [0.717, 1.165) is 16.1 Å². The van der Waals surface area contributed by atoms with E-state index in [9.17, 15) is 4.79 Å². The second-order valence-corrected chi connectivity index (χ2v) is 5.37. The Hall–Kier alpha value is -1.26. The summed E-state index contributed by atoms with van der Waals surface area (Å²) in [5.74, 6) is 0.478. The highest BCUT2D eigenvalue weighted by Gasteiger charge is 2.17. The average molecular weight is 300 g/mol. The number of ether oxygens (including phenoxy) is 2. The molecule has 0 aromatic heterocycles. The molecule has 0 heterocycles. The molecule has 0 aliphatic heterocycles. The molecule has 0 spiro atoms. The highest BCUT2D eigenvalue weighted by molar-refractivity contribution is 6.32. The summed E-state index contributed by atoms with van der Waals surface area (Å²) in [5, 5.41) is 3.55. The van der Waals surface area contributed by atoms with E-state index in [1.165, 1.54) is 0 Å². The SMILES string of the molecule is COC[C@H](C)NC(=O)[C@H](C)Oc1cc(C)c(Cl)c(C)c1. The van der Waals surface area contributed by atoms with Crippen LogP contribution in [0.3, 0.4) is 0 Å². The van der Waals surface area contributed by atoms with Crippen molar-refractivity contribution in [3.8, 4) is 5.75 Å². The standard InChI is InChI=1S/C15H22ClNO3/c1-9-6-13(7-10(2)14(9)16)20-12(4)15(18)17-11(3)8-19-5/h6-7,11-12H,8H2,1-5H3,(H,17,18)/t11-,12-/m0/s1. The maximum atomic E-state index is 12.0. The number of carbonyl (C=O) groups excluding carboxylic acids is 1. The molecular formula is C15H22ClNO3. The van der Waals surface area contributed by atoms with Gasteiger partial charge in [-0.05, 0) is 51.0 Å². The van der Waals surface area contributed by atoms with Crippen molar-refractivity contribution in [2.75, 3.05) is 13.7 Å². The topological polar surface area (TPSA) is 47.6 Å². The number of amides is 1. The first-order valence-electron chi connectivity index (χ1n) is 6.57. The van der Waals surface area contributed by atoms with E-state index in [4.69, 9.17) is 21.1 Å². The van der Waals surface area contributed by atoms with Crippen LogP contribution < -0.4 is 10.1 Å². The number of benzene rings is 1. The van der Waals surface area contributed by atoms with Gasteiger partial charge in [0, 0.05) is 18.2 Å². The van der Waals surface area contributed by atoms with Gasteiger partial charge < -0.3 is 14.8 Å². The Labute approximate surface area is 125 Å². The number of rotatable bonds is 6. The lowest BCUT2D eigenvalue weighted by Gasteiger charge is -2.19. The third kappa shape index (κ3) is 4.69. The molecule has 1 amide bonds. The fourth-order valence-electron chi connectivity index (χ4n) is 1.88. The summed E-state index contributed by atoms with van der Waals surface area (Å²) in [6.07, 6.45) is -0.575. The van der Waals surface area contributed by atoms with Gasteiger partial charge in [0.05, 0.1) is 6.61 Å². The van der Waals surface area contributed by atoms with Crippen LogP contribution in [-0.2, 0) is 9.53 Å². The quantitative estimate of drug-likeness (QED) is 0.878. The summed E-state index contributed by atoms with van der Waals surface area (Å²) in [6.45, 7) is 7.89. The molecule has 20 heavy (non-hydrogen) atoms. The summed E-state index contributed by atoms with van der Waals surface area (Å²) in [6, 6.07) is 3.61. The third-order valence-corrected chi connectivity index (χ3v) is 3.49. The Morgan fingerprint density at radius 1 is 1.30 bits per heavy atom. The molecule has 0 aliphatic carbocycles. The van der Waals surface area contributed by atoms with Crippen LogP contribution in [0.2, 0.25) is 5.02 Å². The Kier molecular flexibility index (Phi) is 6.30. The van der Waals surface area contributed by atoms with Crippen LogP contribution in [0, 0.1) is 13.8 Å². The van der Waals surface area contributed by atoms with Crippen molar-refractivity contribution in [1.82, 2.24) is 5.32 Å². The molecule has 5 heteroatoms. The molecule has 0 saturated carbocycles. The fourth-order valence-corrected chi connectivity index (χ4v) is 1.99. The van der Waals surface area contributed by atoms with Crippen molar-refractivity contribution in [2.24, 2.45) is 0 Å². The van der Waals surface area contributed by atoms with Gasteiger partial charge in [-0.2, -0.15) is 0 Å². The summed E-state index contributed by atoms with van der Waals surface area (Å²) < 4.78 is 10.6. The van der Waals surface area contributed by atoms with Crippen molar-refractivity contribution in [3.05, 3.63) is 28.3 Å². The first-order valence-corrected chi connectivity index (χ1v) is 6.95. The monoisotopic (exact) mass is 299 g/mol. The van der Waals surface area contributed by atoms with Crippen LogP contribution in [0.1, 0.15) is 25.0 Å². The zero-order valence-corrected chi connectivity index (χ0v) is 13.4. The van der Waals surface area contributed by atoms with Crippen molar-refractivity contribution in [2.45, 2.75) is 39.8 Å². The number of hydrogen-bond donors (Lipinski definition) is 1. The first-order chi connectivity index (χ1) is 9.35. The van der Waals surface area contributed by atoms with Crippen molar-refractivity contribution >= 4 is 17.5 Å². The number of methoxy groups -OCH3 is 1. The van der Waals surface area contributed by atoms with Gasteiger partial charge in [-0.3, -0.25) is 4.79 Å². The molecule has 1 rings (SSSR count). The lowest BCUT2D eigenvalue weighted by Crippen LogP contribution is -2.43. The summed E-state index contributed by atoms with van der Waals surface area (Å²) >= 11 is 6.10. The predicted octanol–water partition coefficient (Wildman–Crippen LogP) is 2.88. The number of hydrogen-bond acceptors (Lipinski definition) is 3. The minimum absolute atomic E-state index is 0.0489. The van der Waals surface area contributed by atoms with E-state index in [1.54, 1.807) is 14.0 Å². The Balaban J connectivity index is 2.66. The van der Waals surface area contributed by atoms with Gasteiger partial charge in [0.2, 0.25) is 0 Å². The molecule has 0 bridgehead atoms. The largest absolute Gasteiger partial charge is 0.481 e. The van der Waals surface area contributed by atoms with Crippen molar-refractivity contribution < 1.29 is 14.3 Å². The van der Waals surface area contributed by atoms with Crippen LogP contribution in [0.15, 0.2) is 12.1 Å². The van der Waals surface area contributed by atoms with Gasteiger partial charge in [0.25, 0.3) is 5.91 Å². The summed E-state index contributed by atoms with van der Waals surface area (Å²) in [5.41, 5.74) is 1.86. The van der Waals surface area contributed by atoms with E-state index < -0.39 is 6.10 Å². The minimum atomic E-state index is -0.575. The molecule has 2 atom stereocenters. The number of aryl methyl sites for hydroxylation is 2. The zero-order valence-electron chi connectivity index (χ0n) is 12.6. The molecule has 1 aromatic carbocycles. The molecule has 1 N–H and O–H groups in total. The van der Waals surface area contributed by atoms with Crippen molar-refractivity contribution in [3.63, 3.8) is 0 Å². The van der Waals surface area contributed by atoms with Crippen LogP contribution in [0.25, 0.3) is 0 Å².